The van der Waals surface area contributed by atoms with Crippen molar-refractivity contribution in [3.05, 3.63) is 20.2 Å². The molecule has 0 aliphatic heterocycles. The Balaban J connectivity index is 1.06. The highest BCUT2D eigenvalue weighted by atomic mass is 17.3. The molecule has 4 fully saturated rings. The van der Waals surface area contributed by atoms with E-state index in [-0.39, 0.29) is 62.5 Å². The summed E-state index contributed by atoms with van der Waals surface area (Å²) in [4.78, 5) is 72.7. The molecule has 17 nitrogen and oxygen atoms in total. The van der Waals surface area contributed by atoms with Crippen molar-refractivity contribution < 1.29 is 53.9 Å². The van der Waals surface area contributed by atoms with E-state index in [1.165, 1.54) is 0 Å². The smallest absolute Gasteiger partial charge is 0.328 e. The van der Waals surface area contributed by atoms with Crippen molar-refractivity contribution in [3.63, 3.8) is 0 Å². The molecule has 0 saturated heterocycles. The van der Waals surface area contributed by atoms with Crippen LogP contribution in [-0.2, 0) is 33.8 Å². The van der Waals surface area contributed by atoms with E-state index in [9.17, 15) is 44.8 Å². The van der Waals surface area contributed by atoms with Gasteiger partial charge in [0.05, 0.1) is 36.6 Å². The first-order valence-electron chi connectivity index (χ1n) is 15.9. The zero-order chi connectivity index (χ0) is 32.5. The van der Waals surface area contributed by atoms with Gasteiger partial charge in [-0.05, 0) is 70.1 Å². The summed E-state index contributed by atoms with van der Waals surface area (Å²) in [6.07, 6.45) is 7.16. The van der Waals surface area contributed by atoms with Gasteiger partial charge < -0.3 is 19.8 Å². The third-order valence-corrected chi connectivity index (χ3v) is 9.94. The Morgan fingerprint density at radius 2 is 1.18 bits per heavy atom. The van der Waals surface area contributed by atoms with Crippen LogP contribution in [-0.4, -0.2) is 80.9 Å². The van der Waals surface area contributed by atoms with Crippen LogP contribution in [0.3, 0.4) is 0 Å². The average molecular weight is 645 g/mol. The van der Waals surface area contributed by atoms with Crippen LogP contribution in [0.15, 0.2) is 0 Å². The van der Waals surface area contributed by atoms with Crippen molar-refractivity contribution in [2.24, 2.45) is 23.7 Å². The molecule has 0 aromatic carbocycles. The molecular weight excluding hydrogens is 600 g/mol. The monoisotopic (exact) mass is 644 g/mol. The van der Waals surface area contributed by atoms with E-state index >= 15 is 0 Å². The molecule has 0 aromatic rings. The lowest BCUT2D eigenvalue weighted by Gasteiger charge is -2.35. The SMILES string of the molecule is O=C(O)C1CC([N+](=O)[O-])CCC1COONC1CCC(OC2CCC(NOC(=O)C3CCC([N+](=O)[O-])CC3C(=O)O)CC2)CC1. The quantitative estimate of drug-likeness (QED) is 0.0919. The van der Waals surface area contributed by atoms with Gasteiger partial charge in [-0.3, -0.25) is 34.6 Å². The largest absolute Gasteiger partial charge is 0.481 e. The highest BCUT2D eigenvalue weighted by Crippen LogP contribution is 2.34. The molecule has 17 heteroatoms. The minimum absolute atomic E-state index is 0.00941. The van der Waals surface area contributed by atoms with Crippen LogP contribution in [0.1, 0.15) is 89.9 Å². The number of hydrogen-bond donors (Lipinski definition) is 4. The number of nitrogens with one attached hydrogen (secondary N) is 2. The van der Waals surface area contributed by atoms with Crippen molar-refractivity contribution in [2.75, 3.05) is 6.61 Å². The fourth-order valence-electron chi connectivity index (χ4n) is 7.15. The maximum atomic E-state index is 12.6. The summed E-state index contributed by atoms with van der Waals surface area (Å²) in [5, 5.41) is 41.0. The predicted molar refractivity (Wildman–Crippen MR) is 151 cm³/mol. The number of ether oxygens (including phenoxy) is 1. The highest BCUT2D eigenvalue weighted by molar-refractivity contribution is 5.81. The number of nitro groups is 2. The van der Waals surface area contributed by atoms with Crippen LogP contribution in [0.5, 0.6) is 0 Å². The molecule has 6 atom stereocenters. The van der Waals surface area contributed by atoms with Gasteiger partial charge in [0.1, 0.15) is 0 Å². The van der Waals surface area contributed by atoms with E-state index in [1.807, 2.05) is 0 Å². The molecule has 0 heterocycles. The third kappa shape index (κ3) is 10.00. The minimum Gasteiger partial charge on any atom is -0.481 e. The average Bonchev–Trinajstić information content (AvgIpc) is 3.02. The van der Waals surface area contributed by atoms with Crippen LogP contribution in [0.25, 0.3) is 0 Å². The number of carbonyl (C=O) groups excluding carboxylic acids is 1. The van der Waals surface area contributed by atoms with E-state index < -0.39 is 57.6 Å². The lowest BCUT2D eigenvalue weighted by Crippen LogP contribution is -2.44. The maximum absolute atomic E-state index is 12.6. The Bertz CT molecular complexity index is 1050. The first-order valence-corrected chi connectivity index (χ1v) is 15.9. The molecule has 4 rings (SSSR count). The molecule has 0 amide bonds. The minimum atomic E-state index is -1.23. The lowest BCUT2D eigenvalue weighted by molar-refractivity contribution is -0.528. The number of hydrogen-bond acceptors (Lipinski definition) is 13. The van der Waals surface area contributed by atoms with Gasteiger partial charge in [-0.15, -0.1) is 4.99 Å². The van der Waals surface area contributed by atoms with Crippen LogP contribution < -0.4 is 11.0 Å². The van der Waals surface area contributed by atoms with E-state index in [0.717, 1.165) is 38.5 Å². The van der Waals surface area contributed by atoms with Crippen LogP contribution in [0.4, 0.5) is 0 Å². The Labute approximate surface area is 259 Å². The highest BCUT2D eigenvalue weighted by Gasteiger charge is 2.45. The number of nitrogens with zero attached hydrogens (tertiary/aromatic N) is 2. The fraction of sp³-hybridized carbons (Fsp3) is 0.893. The Hall–Kier alpha value is -2.99. The Morgan fingerprint density at radius 1 is 0.667 bits per heavy atom. The second-order valence-electron chi connectivity index (χ2n) is 12.9. The molecule has 4 aliphatic carbocycles. The Morgan fingerprint density at radius 3 is 1.71 bits per heavy atom. The van der Waals surface area contributed by atoms with E-state index in [2.05, 4.69) is 11.0 Å². The molecule has 0 radical (unpaired) electrons. The predicted octanol–water partition coefficient (Wildman–Crippen LogP) is 2.42. The Kier molecular flexibility index (Phi) is 12.8. The zero-order valence-electron chi connectivity index (χ0n) is 25.2. The van der Waals surface area contributed by atoms with Gasteiger partial charge in [-0.2, -0.15) is 11.0 Å². The number of carboxylic acids is 2. The number of carboxylic acid groups (broad SMARTS) is 2. The van der Waals surface area contributed by atoms with E-state index in [1.54, 1.807) is 0 Å². The van der Waals surface area contributed by atoms with Gasteiger partial charge in [-0.1, -0.05) is 0 Å². The van der Waals surface area contributed by atoms with Gasteiger partial charge in [0, 0.05) is 47.6 Å². The summed E-state index contributed by atoms with van der Waals surface area (Å²) in [6.45, 7) is 0.0391. The number of carbonyl (C=O) groups is 3. The van der Waals surface area contributed by atoms with Crippen LogP contribution in [0.2, 0.25) is 0 Å². The van der Waals surface area contributed by atoms with E-state index in [4.69, 9.17) is 19.5 Å². The second kappa shape index (κ2) is 16.5. The first kappa shape index (κ1) is 34.9. The number of aliphatic carboxylic acids is 2. The van der Waals surface area contributed by atoms with Gasteiger partial charge in [0.25, 0.3) is 0 Å². The second-order valence-corrected chi connectivity index (χ2v) is 12.9. The molecule has 4 aliphatic rings. The molecule has 0 spiro atoms. The molecule has 0 bridgehead atoms. The molecule has 4 saturated carbocycles. The van der Waals surface area contributed by atoms with E-state index in [0.29, 0.717) is 25.7 Å². The topological polar surface area (TPSA) is 239 Å². The van der Waals surface area contributed by atoms with Crippen molar-refractivity contribution in [2.45, 2.75) is 126 Å². The molecular formula is C28H44N4O13. The zero-order valence-corrected chi connectivity index (χ0v) is 25.2. The summed E-state index contributed by atoms with van der Waals surface area (Å²) < 4.78 is 6.32. The van der Waals surface area contributed by atoms with Crippen molar-refractivity contribution in [1.29, 1.82) is 0 Å². The molecule has 45 heavy (non-hydrogen) atoms. The molecule has 0 aromatic heterocycles. The normalized spacial score (nSPS) is 35.6. The fourth-order valence-corrected chi connectivity index (χ4v) is 7.15. The standard InChI is InChI=1S/C28H44N4O13/c33-26(34)24-13-19(31(38)39)6-1-16(24)15-42-45-30-18-4-10-22(11-5-18)43-21-8-2-17(3-9-21)29-44-28(37)23-12-7-20(32(40)41)14-25(23)27(35)36/h16-25,29-30H,1-15H2,(H,33,34)(H,35,36). The summed E-state index contributed by atoms with van der Waals surface area (Å²) in [5.41, 5.74) is 5.66. The molecule has 6 unspecified atom stereocenters. The maximum Gasteiger partial charge on any atom is 0.328 e. The van der Waals surface area contributed by atoms with Gasteiger partial charge in [-0.25, -0.2) is 4.89 Å². The summed E-state index contributed by atoms with van der Waals surface area (Å²) in [5.74, 6) is -6.23. The van der Waals surface area contributed by atoms with Crippen molar-refractivity contribution in [1.82, 2.24) is 11.0 Å². The van der Waals surface area contributed by atoms with Gasteiger partial charge in [0.15, 0.2) is 0 Å². The molecule has 254 valence electrons. The molecule has 4 N–H and O–H groups in total. The van der Waals surface area contributed by atoms with Gasteiger partial charge >= 0.3 is 17.9 Å². The van der Waals surface area contributed by atoms with Crippen molar-refractivity contribution >= 4 is 17.9 Å². The summed E-state index contributed by atoms with van der Waals surface area (Å²) in [7, 11) is 0. The van der Waals surface area contributed by atoms with Crippen LogP contribution >= 0.6 is 0 Å². The van der Waals surface area contributed by atoms with Crippen LogP contribution in [0, 0.1) is 43.9 Å². The van der Waals surface area contributed by atoms with Gasteiger partial charge in [0.2, 0.25) is 12.1 Å². The van der Waals surface area contributed by atoms with Crippen molar-refractivity contribution in [3.8, 4) is 0 Å². The summed E-state index contributed by atoms with van der Waals surface area (Å²) in [6, 6.07) is -1.84. The lowest BCUT2D eigenvalue weighted by atomic mass is 9.77. The number of hydroxylamine groups is 2. The summed E-state index contributed by atoms with van der Waals surface area (Å²) >= 11 is 0. The first-order chi connectivity index (χ1) is 21.5. The third-order valence-electron chi connectivity index (χ3n) is 9.94. The number of rotatable bonds is 14.